The number of aromatic nitrogens is 1. The summed E-state index contributed by atoms with van der Waals surface area (Å²) in [5.74, 6) is -0.215. The predicted molar refractivity (Wildman–Crippen MR) is 117 cm³/mol. The van der Waals surface area contributed by atoms with Gasteiger partial charge in [-0.2, -0.15) is 4.31 Å². The molecule has 0 spiro atoms. The second kappa shape index (κ2) is 9.84. The van der Waals surface area contributed by atoms with Gasteiger partial charge in [0.05, 0.1) is 17.1 Å². The van der Waals surface area contributed by atoms with Gasteiger partial charge in [0.15, 0.2) is 0 Å². The van der Waals surface area contributed by atoms with Crippen LogP contribution in [-0.2, 0) is 23.1 Å². The maximum atomic E-state index is 12.9. The average Bonchev–Trinajstić information content (AvgIpc) is 2.77. The van der Waals surface area contributed by atoms with E-state index in [0.29, 0.717) is 23.7 Å². The summed E-state index contributed by atoms with van der Waals surface area (Å²) >= 11 is 5.86. The second-order valence-electron chi connectivity index (χ2n) is 6.59. The van der Waals surface area contributed by atoms with Crippen molar-refractivity contribution in [1.82, 2.24) is 14.6 Å². The fourth-order valence-electron chi connectivity index (χ4n) is 2.86. The van der Waals surface area contributed by atoms with Gasteiger partial charge < -0.3 is 5.32 Å². The topological polar surface area (TPSA) is 79.4 Å². The van der Waals surface area contributed by atoms with Gasteiger partial charge in [0, 0.05) is 29.9 Å². The van der Waals surface area contributed by atoms with Crippen LogP contribution in [0.2, 0.25) is 5.02 Å². The predicted octanol–water partition coefficient (Wildman–Crippen LogP) is 3.88. The molecule has 30 heavy (non-hydrogen) atoms. The molecule has 3 rings (SSSR count). The van der Waals surface area contributed by atoms with Crippen LogP contribution in [0.4, 0.5) is 0 Å². The van der Waals surface area contributed by atoms with Gasteiger partial charge in [-0.1, -0.05) is 36.7 Å². The first-order valence-electron chi connectivity index (χ1n) is 9.43. The van der Waals surface area contributed by atoms with Crippen molar-refractivity contribution in [2.45, 2.75) is 24.9 Å². The number of nitrogens with one attached hydrogen (secondary N) is 1. The smallest absolute Gasteiger partial charge is 0.251 e. The molecule has 0 saturated heterocycles. The number of hydrogen-bond acceptors (Lipinski definition) is 4. The van der Waals surface area contributed by atoms with Crippen LogP contribution in [0.5, 0.6) is 0 Å². The van der Waals surface area contributed by atoms with Crippen molar-refractivity contribution in [2.75, 3.05) is 6.54 Å². The number of nitrogens with zero attached hydrogens (tertiary/aromatic N) is 2. The molecule has 8 heteroatoms. The number of carbonyl (C=O) groups excluding carboxylic acids is 1. The molecule has 0 bridgehead atoms. The Labute approximate surface area is 181 Å². The molecule has 0 aliphatic heterocycles. The Hall–Kier alpha value is -2.74. The molecule has 1 N–H and O–H groups in total. The Balaban J connectivity index is 1.66. The largest absolute Gasteiger partial charge is 0.346 e. The van der Waals surface area contributed by atoms with Crippen LogP contribution >= 0.6 is 11.6 Å². The molecule has 1 amide bonds. The first-order valence-corrected chi connectivity index (χ1v) is 11.2. The fourth-order valence-corrected chi connectivity index (χ4v) is 4.43. The zero-order chi connectivity index (χ0) is 21.6. The first-order chi connectivity index (χ1) is 14.4. The van der Waals surface area contributed by atoms with Gasteiger partial charge in [0.25, 0.3) is 5.91 Å². The van der Waals surface area contributed by atoms with Crippen molar-refractivity contribution in [2.24, 2.45) is 0 Å². The number of sulfonamides is 1. The highest BCUT2D eigenvalue weighted by molar-refractivity contribution is 7.89. The molecule has 0 saturated carbocycles. The van der Waals surface area contributed by atoms with E-state index in [-0.39, 0.29) is 17.3 Å². The Bertz CT molecular complexity index is 1090. The molecule has 2 aromatic carbocycles. The minimum Gasteiger partial charge on any atom is -0.346 e. The molecule has 0 atom stereocenters. The highest BCUT2D eigenvalue weighted by Gasteiger charge is 2.23. The van der Waals surface area contributed by atoms with Crippen LogP contribution in [0, 0.1) is 0 Å². The highest BCUT2D eigenvalue weighted by atomic mass is 35.5. The minimum atomic E-state index is -3.64. The number of halogens is 1. The van der Waals surface area contributed by atoms with Gasteiger partial charge in [-0.15, -0.1) is 0 Å². The van der Waals surface area contributed by atoms with Crippen molar-refractivity contribution in [3.63, 3.8) is 0 Å². The van der Waals surface area contributed by atoms with Crippen molar-refractivity contribution in [3.8, 4) is 0 Å². The number of rotatable bonds is 8. The Morgan fingerprint density at radius 1 is 1.03 bits per heavy atom. The number of amides is 1. The second-order valence-corrected chi connectivity index (χ2v) is 8.96. The van der Waals surface area contributed by atoms with E-state index in [1.165, 1.54) is 16.4 Å². The van der Waals surface area contributed by atoms with E-state index in [0.717, 1.165) is 11.3 Å². The summed E-state index contributed by atoms with van der Waals surface area (Å²) in [6, 6.07) is 18.5. The summed E-state index contributed by atoms with van der Waals surface area (Å²) in [4.78, 5) is 16.7. The Kier molecular flexibility index (Phi) is 7.20. The van der Waals surface area contributed by atoms with Gasteiger partial charge in [0.2, 0.25) is 10.0 Å². The Morgan fingerprint density at radius 2 is 1.73 bits per heavy atom. The molecule has 0 unspecified atom stereocenters. The summed E-state index contributed by atoms with van der Waals surface area (Å²) in [5.41, 5.74) is 2.06. The maximum Gasteiger partial charge on any atom is 0.251 e. The van der Waals surface area contributed by atoms with Gasteiger partial charge in [0.1, 0.15) is 0 Å². The average molecular weight is 444 g/mol. The SMILES string of the molecule is CCN(Cc1ccc(C(=O)NCc2ccccn2)cc1)S(=O)(=O)c1ccc(Cl)cc1. The van der Waals surface area contributed by atoms with Crippen LogP contribution in [-0.4, -0.2) is 30.2 Å². The first kappa shape index (κ1) is 22.0. The minimum absolute atomic E-state index is 0.194. The third-order valence-electron chi connectivity index (χ3n) is 4.54. The highest BCUT2D eigenvalue weighted by Crippen LogP contribution is 2.20. The summed E-state index contributed by atoms with van der Waals surface area (Å²) in [5, 5.41) is 3.30. The molecule has 156 valence electrons. The molecular weight excluding hydrogens is 422 g/mol. The van der Waals surface area contributed by atoms with Crippen molar-refractivity contribution < 1.29 is 13.2 Å². The zero-order valence-electron chi connectivity index (χ0n) is 16.5. The van der Waals surface area contributed by atoms with Crippen LogP contribution in [0.3, 0.4) is 0 Å². The van der Waals surface area contributed by atoms with E-state index < -0.39 is 10.0 Å². The lowest BCUT2D eigenvalue weighted by Crippen LogP contribution is -2.30. The number of carbonyl (C=O) groups is 1. The monoisotopic (exact) mass is 443 g/mol. The van der Waals surface area contributed by atoms with Gasteiger partial charge in [-0.3, -0.25) is 9.78 Å². The van der Waals surface area contributed by atoms with Gasteiger partial charge in [-0.25, -0.2) is 8.42 Å². The number of benzene rings is 2. The number of pyridine rings is 1. The third kappa shape index (κ3) is 5.44. The lowest BCUT2D eigenvalue weighted by molar-refractivity contribution is 0.0950. The molecule has 0 aliphatic rings. The van der Waals surface area contributed by atoms with E-state index in [2.05, 4.69) is 10.3 Å². The van der Waals surface area contributed by atoms with E-state index in [1.54, 1.807) is 49.5 Å². The summed E-state index contributed by atoms with van der Waals surface area (Å²) in [7, 11) is -3.64. The standard InChI is InChI=1S/C22H22ClN3O3S/c1-2-26(30(28,29)21-12-10-19(23)11-13-21)16-17-6-8-18(9-7-17)22(27)25-15-20-5-3-4-14-24-20/h3-14H,2,15-16H2,1H3,(H,25,27). The Morgan fingerprint density at radius 3 is 2.33 bits per heavy atom. The molecular formula is C22H22ClN3O3S. The van der Waals surface area contributed by atoms with Gasteiger partial charge >= 0.3 is 0 Å². The number of hydrogen-bond donors (Lipinski definition) is 1. The van der Waals surface area contributed by atoms with Crippen LogP contribution in [0.25, 0.3) is 0 Å². The fraction of sp³-hybridized carbons (Fsp3) is 0.182. The third-order valence-corrected chi connectivity index (χ3v) is 6.72. The zero-order valence-corrected chi connectivity index (χ0v) is 18.0. The lowest BCUT2D eigenvalue weighted by atomic mass is 10.1. The van der Waals surface area contributed by atoms with Crippen molar-refractivity contribution in [3.05, 3.63) is 94.8 Å². The van der Waals surface area contributed by atoms with Crippen molar-refractivity contribution in [1.29, 1.82) is 0 Å². The molecule has 1 heterocycles. The normalized spacial score (nSPS) is 11.4. The van der Waals surface area contributed by atoms with E-state index in [9.17, 15) is 13.2 Å². The van der Waals surface area contributed by atoms with E-state index >= 15 is 0 Å². The van der Waals surface area contributed by atoms with Gasteiger partial charge in [-0.05, 0) is 54.1 Å². The van der Waals surface area contributed by atoms with Crippen molar-refractivity contribution >= 4 is 27.5 Å². The molecule has 0 aliphatic carbocycles. The maximum absolute atomic E-state index is 12.9. The lowest BCUT2D eigenvalue weighted by Gasteiger charge is -2.21. The van der Waals surface area contributed by atoms with Crippen LogP contribution < -0.4 is 5.32 Å². The molecule has 3 aromatic rings. The quantitative estimate of drug-likeness (QED) is 0.573. The molecule has 1 aromatic heterocycles. The summed E-state index contributed by atoms with van der Waals surface area (Å²) < 4.78 is 27.2. The van der Waals surface area contributed by atoms with Crippen LogP contribution in [0.15, 0.2) is 77.8 Å². The molecule has 6 nitrogen and oxygen atoms in total. The molecule has 0 fully saturated rings. The summed E-state index contributed by atoms with van der Waals surface area (Å²) in [6.45, 7) is 2.64. The van der Waals surface area contributed by atoms with E-state index in [1.807, 2.05) is 18.2 Å². The molecule has 0 radical (unpaired) electrons. The van der Waals surface area contributed by atoms with Crippen LogP contribution in [0.1, 0.15) is 28.5 Å². The summed E-state index contributed by atoms with van der Waals surface area (Å²) in [6.07, 6.45) is 1.67. The van der Waals surface area contributed by atoms with E-state index in [4.69, 9.17) is 11.6 Å².